The molecule has 1 aliphatic heterocycles. The normalized spacial score (nSPS) is 17.6. The number of epoxide rings is 1. The lowest BCUT2D eigenvalue weighted by molar-refractivity contribution is 0.202. The van der Waals surface area contributed by atoms with Gasteiger partial charge in [-0.3, -0.25) is 0 Å². The Morgan fingerprint density at radius 1 is 1.13 bits per heavy atom. The van der Waals surface area contributed by atoms with Crippen molar-refractivity contribution in [2.75, 3.05) is 30.5 Å². The van der Waals surface area contributed by atoms with Crippen molar-refractivity contribution in [2.45, 2.75) is 12.2 Å². The minimum absolute atomic E-state index is 0.219. The zero-order valence-electron chi connectivity index (χ0n) is 12.8. The number of hydrogen-bond acceptors (Lipinski definition) is 4. The van der Waals surface area contributed by atoms with E-state index < -0.39 is 6.10 Å². The summed E-state index contributed by atoms with van der Waals surface area (Å²) in [4.78, 5) is 2.09. The quantitative estimate of drug-likeness (QED) is 0.595. The highest BCUT2D eigenvalue weighted by Gasteiger charge is 2.26. The summed E-state index contributed by atoms with van der Waals surface area (Å²) in [5.74, 6) is 1.80. The molecular formula is C18H20ClNO3. The van der Waals surface area contributed by atoms with Crippen molar-refractivity contribution in [1.82, 2.24) is 0 Å². The van der Waals surface area contributed by atoms with Crippen LogP contribution in [0.15, 0.2) is 54.6 Å². The molecule has 0 amide bonds. The highest BCUT2D eigenvalue weighted by molar-refractivity contribution is 6.18. The molecule has 4 nitrogen and oxygen atoms in total. The summed E-state index contributed by atoms with van der Waals surface area (Å²) in [5, 5.41) is 9.83. The number of aliphatic hydroxyl groups excluding tert-OH is 1. The van der Waals surface area contributed by atoms with Crippen LogP contribution >= 0.6 is 11.6 Å². The highest BCUT2D eigenvalue weighted by atomic mass is 35.5. The molecule has 1 aliphatic rings. The molecule has 0 spiro atoms. The molecule has 1 heterocycles. The molecule has 5 heteroatoms. The zero-order chi connectivity index (χ0) is 16.1. The van der Waals surface area contributed by atoms with Gasteiger partial charge < -0.3 is 19.5 Å². The van der Waals surface area contributed by atoms with E-state index in [4.69, 9.17) is 21.1 Å². The summed E-state index contributed by atoms with van der Waals surface area (Å²) in [6.45, 7) is 2.03. The van der Waals surface area contributed by atoms with Crippen LogP contribution in [0.25, 0.3) is 0 Å². The van der Waals surface area contributed by atoms with Crippen molar-refractivity contribution in [2.24, 2.45) is 0 Å². The molecule has 0 bridgehead atoms. The topological polar surface area (TPSA) is 45.2 Å². The van der Waals surface area contributed by atoms with E-state index in [2.05, 4.69) is 4.90 Å². The fraction of sp³-hybridized carbons (Fsp3) is 0.333. The van der Waals surface area contributed by atoms with Crippen molar-refractivity contribution in [3.8, 4) is 11.5 Å². The Morgan fingerprint density at radius 3 is 2.39 bits per heavy atom. The van der Waals surface area contributed by atoms with Crippen LogP contribution in [0.1, 0.15) is 0 Å². The second-order valence-electron chi connectivity index (χ2n) is 5.58. The van der Waals surface area contributed by atoms with Gasteiger partial charge in [0.15, 0.2) is 0 Å². The summed E-state index contributed by atoms with van der Waals surface area (Å²) in [5.41, 5.74) is 1.02. The number of ether oxygens (including phenoxy) is 2. The van der Waals surface area contributed by atoms with Crippen LogP contribution in [0.5, 0.6) is 11.5 Å². The molecule has 0 aliphatic carbocycles. The third kappa shape index (κ3) is 4.86. The summed E-state index contributed by atoms with van der Waals surface area (Å²) in [7, 11) is 0. The Hall–Kier alpha value is -1.75. The van der Waals surface area contributed by atoms with Crippen LogP contribution < -0.4 is 9.64 Å². The van der Waals surface area contributed by atoms with Gasteiger partial charge >= 0.3 is 0 Å². The van der Waals surface area contributed by atoms with Gasteiger partial charge in [0.2, 0.25) is 0 Å². The number of rotatable bonds is 8. The summed E-state index contributed by atoms with van der Waals surface area (Å²) in [6.07, 6.45) is -0.312. The second-order valence-corrected chi connectivity index (χ2v) is 5.89. The van der Waals surface area contributed by atoms with Crippen molar-refractivity contribution in [3.05, 3.63) is 54.6 Å². The number of para-hydroxylation sites is 1. The van der Waals surface area contributed by atoms with E-state index in [1.165, 1.54) is 0 Å². The number of hydrogen-bond donors (Lipinski definition) is 1. The first-order chi connectivity index (χ1) is 11.2. The molecule has 2 aromatic carbocycles. The first-order valence-corrected chi connectivity index (χ1v) is 8.21. The van der Waals surface area contributed by atoms with E-state index in [0.29, 0.717) is 6.54 Å². The Bertz CT molecular complexity index is 601. The Balaban J connectivity index is 1.67. The van der Waals surface area contributed by atoms with E-state index in [-0.39, 0.29) is 12.0 Å². The molecule has 2 unspecified atom stereocenters. The fourth-order valence-corrected chi connectivity index (χ4v) is 2.46. The van der Waals surface area contributed by atoms with Gasteiger partial charge in [0.25, 0.3) is 0 Å². The van der Waals surface area contributed by atoms with Crippen LogP contribution in [0.2, 0.25) is 0 Å². The van der Waals surface area contributed by atoms with Crippen LogP contribution in [0.3, 0.4) is 0 Å². The average molecular weight is 334 g/mol. The molecule has 2 atom stereocenters. The first-order valence-electron chi connectivity index (χ1n) is 7.68. The molecule has 122 valence electrons. The molecule has 23 heavy (non-hydrogen) atoms. The monoisotopic (exact) mass is 333 g/mol. The van der Waals surface area contributed by atoms with E-state index in [0.717, 1.165) is 30.3 Å². The number of nitrogens with zero attached hydrogens (tertiary/aromatic N) is 1. The van der Waals surface area contributed by atoms with Crippen molar-refractivity contribution in [3.63, 3.8) is 0 Å². The third-order valence-electron chi connectivity index (χ3n) is 3.62. The number of anilines is 1. The summed E-state index contributed by atoms with van der Waals surface area (Å²) >= 11 is 5.72. The minimum atomic E-state index is -0.560. The predicted molar refractivity (Wildman–Crippen MR) is 91.6 cm³/mol. The molecule has 0 saturated carbocycles. The highest BCUT2D eigenvalue weighted by Crippen LogP contribution is 2.25. The van der Waals surface area contributed by atoms with Gasteiger partial charge in [-0.05, 0) is 36.4 Å². The van der Waals surface area contributed by atoms with Crippen LogP contribution in [-0.4, -0.2) is 42.9 Å². The van der Waals surface area contributed by atoms with E-state index in [9.17, 15) is 5.11 Å². The lowest BCUT2D eigenvalue weighted by atomic mass is 10.2. The van der Waals surface area contributed by atoms with Crippen molar-refractivity contribution >= 4 is 17.3 Å². The number of halogens is 1. The van der Waals surface area contributed by atoms with Gasteiger partial charge in [0.1, 0.15) is 11.5 Å². The Morgan fingerprint density at radius 2 is 1.78 bits per heavy atom. The molecule has 1 saturated heterocycles. The minimum Gasteiger partial charge on any atom is -0.457 e. The molecule has 2 aromatic rings. The maximum Gasteiger partial charge on any atom is 0.127 e. The lowest BCUT2D eigenvalue weighted by Crippen LogP contribution is -2.36. The van der Waals surface area contributed by atoms with Crippen LogP contribution in [0, 0.1) is 0 Å². The Kier molecular flexibility index (Phi) is 5.39. The summed E-state index contributed by atoms with van der Waals surface area (Å²) < 4.78 is 11.1. The van der Waals surface area contributed by atoms with E-state index in [1.54, 1.807) is 0 Å². The average Bonchev–Trinajstić information content (AvgIpc) is 3.40. The summed E-state index contributed by atoms with van der Waals surface area (Å²) in [6, 6.07) is 17.5. The molecule has 3 rings (SSSR count). The van der Waals surface area contributed by atoms with Gasteiger partial charge in [0.05, 0.1) is 24.7 Å². The van der Waals surface area contributed by atoms with Crippen molar-refractivity contribution in [1.29, 1.82) is 0 Å². The van der Waals surface area contributed by atoms with Gasteiger partial charge in [-0.2, -0.15) is 0 Å². The predicted octanol–water partition coefficient (Wildman–Crippen LogP) is 3.28. The molecule has 1 fully saturated rings. The Labute approximate surface area is 141 Å². The van der Waals surface area contributed by atoms with Crippen molar-refractivity contribution < 1.29 is 14.6 Å². The van der Waals surface area contributed by atoms with E-state index >= 15 is 0 Å². The SMILES string of the molecule is OC(CCl)CN(CC1CO1)c1ccc(Oc2ccccc2)cc1. The molecular weight excluding hydrogens is 314 g/mol. The van der Waals surface area contributed by atoms with Gasteiger partial charge in [0, 0.05) is 18.8 Å². The fourth-order valence-electron chi connectivity index (χ4n) is 2.36. The molecule has 0 aromatic heterocycles. The van der Waals surface area contributed by atoms with Crippen LogP contribution in [0.4, 0.5) is 5.69 Å². The third-order valence-corrected chi connectivity index (χ3v) is 3.97. The van der Waals surface area contributed by atoms with Crippen LogP contribution in [-0.2, 0) is 4.74 Å². The lowest BCUT2D eigenvalue weighted by Gasteiger charge is -2.26. The number of alkyl halides is 1. The van der Waals surface area contributed by atoms with Gasteiger partial charge in [-0.25, -0.2) is 0 Å². The maximum atomic E-state index is 9.83. The molecule has 1 N–H and O–H groups in total. The number of aliphatic hydroxyl groups is 1. The maximum absolute atomic E-state index is 9.83. The van der Waals surface area contributed by atoms with E-state index in [1.807, 2.05) is 54.6 Å². The first kappa shape index (κ1) is 16.1. The largest absolute Gasteiger partial charge is 0.457 e. The molecule has 0 radical (unpaired) electrons. The van der Waals surface area contributed by atoms with Gasteiger partial charge in [-0.15, -0.1) is 11.6 Å². The smallest absolute Gasteiger partial charge is 0.127 e. The second kappa shape index (κ2) is 7.68. The zero-order valence-corrected chi connectivity index (χ0v) is 13.5. The number of benzene rings is 2. The standard InChI is InChI=1S/C18H20ClNO3/c19-10-15(21)11-20(12-18-13-22-18)14-6-8-17(9-7-14)23-16-4-2-1-3-5-16/h1-9,15,18,21H,10-13H2. The van der Waals surface area contributed by atoms with Gasteiger partial charge in [-0.1, -0.05) is 18.2 Å².